The molecule has 0 unspecified atom stereocenters. The van der Waals surface area contributed by atoms with Crippen LogP contribution < -0.4 is 15.2 Å². The molecule has 2 aromatic rings. The van der Waals surface area contributed by atoms with Gasteiger partial charge in [-0.25, -0.2) is 13.1 Å². The molecule has 2 rings (SSSR count). The van der Waals surface area contributed by atoms with Crippen molar-refractivity contribution in [1.82, 2.24) is 4.72 Å². The van der Waals surface area contributed by atoms with Crippen LogP contribution in [0.3, 0.4) is 0 Å². The Bertz CT molecular complexity index is 828. The zero-order chi connectivity index (χ0) is 18.0. The fourth-order valence-corrected chi connectivity index (χ4v) is 2.93. The second-order valence-corrected chi connectivity index (χ2v) is 6.99. The number of nitrogens with two attached hydrogens (primary N) is 1. The van der Waals surface area contributed by atoms with E-state index in [9.17, 15) is 21.6 Å². The second kappa shape index (κ2) is 8.22. The molecule has 0 spiro atoms. The lowest BCUT2D eigenvalue weighted by atomic mass is 10.0. The van der Waals surface area contributed by atoms with Crippen molar-refractivity contribution in [2.45, 2.75) is 25.0 Å². The summed E-state index contributed by atoms with van der Waals surface area (Å²) in [5, 5.41) is 1.83. The first-order valence-electron chi connectivity index (χ1n) is 7.07. The average molecular weight is 399 g/mol. The molecule has 10 heteroatoms. The third-order valence-corrected chi connectivity index (χ3v) is 4.62. The summed E-state index contributed by atoms with van der Waals surface area (Å²) in [5.74, 6) is 0.409. The Hall–Kier alpha value is -1.55. The lowest BCUT2D eigenvalue weighted by Gasteiger charge is -2.17. The first-order chi connectivity index (χ1) is 11.1. The third-order valence-electron chi connectivity index (χ3n) is 3.30. The van der Waals surface area contributed by atoms with Crippen molar-refractivity contribution in [2.75, 3.05) is 6.61 Å². The molecule has 3 N–H and O–H groups in total. The number of hydrogen-bond acceptors (Lipinski definition) is 4. The predicted octanol–water partition coefficient (Wildman–Crippen LogP) is 2.93. The lowest BCUT2D eigenvalue weighted by Crippen LogP contribution is -2.43. The average Bonchev–Trinajstić information content (AvgIpc) is 2.50. The number of ether oxygens (including phenoxy) is 1. The summed E-state index contributed by atoms with van der Waals surface area (Å²) >= 11 is 0. The Morgan fingerprint density at radius 1 is 1.24 bits per heavy atom. The van der Waals surface area contributed by atoms with E-state index in [0.717, 1.165) is 16.3 Å². The zero-order valence-corrected chi connectivity index (χ0v) is 14.8. The van der Waals surface area contributed by atoms with E-state index in [-0.39, 0.29) is 25.6 Å². The van der Waals surface area contributed by atoms with Crippen molar-refractivity contribution in [3.63, 3.8) is 0 Å². The Kier molecular flexibility index (Phi) is 7.07. The molecule has 2 aromatic carbocycles. The minimum absolute atomic E-state index is 0. The Labute approximate surface area is 149 Å². The number of sulfonamides is 1. The topological polar surface area (TPSA) is 81.4 Å². The summed E-state index contributed by atoms with van der Waals surface area (Å²) in [7, 11) is -5.40. The monoisotopic (exact) mass is 398 g/mol. The molecule has 1 atom stereocenters. The number of alkyl halides is 3. The summed E-state index contributed by atoms with van der Waals surface area (Å²) in [6.45, 7) is 1.31. The number of rotatable bonds is 6. The number of hydrogen-bond donors (Lipinski definition) is 2. The second-order valence-electron chi connectivity index (χ2n) is 5.29. The fourth-order valence-electron chi connectivity index (χ4n) is 2.20. The maximum absolute atomic E-state index is 12.3. The number of fused-ring (bicyclic) bond motifs is 1. The summed E-state index contributed by atoms with van der Waals surface area (Å²) in [4.78, 5) is 0. The summed E-state index contributed by atoms with van der Waals surface area (Å²) in [5.41, 5.74) is 1.17. The molecule has 0 aliphatic heterocycles. The SMILES string of the molecule is C[C@@H](COc1cc(CN)c2ccccc2c1)NS(=O)(=O)C(F)(F)F.Cl. The molecule has 0 saturated carbocycles. The van der Waals surface area contributed by atoms with E-state index in [4.69, 9.17) is 10.5 Å². The lowest BCUT2D eigenvalue weighted by molar-refractivity contribution is -0.0451. The molecule has 0 heterocycles. The van der Waals surface area contributed by atoms with Crippen LogP contribution in [0.1, 0.15) is 12.5 Å². The minimum atomic E-state index is -5.40. The van der Waals surface area contributed by atoms with Gasteiger partial charge in [0, 0.05) is 6.54 Å². The van der Waals surface area contributed by atoms with Crippen LogP contribution >= 0.6 is 12.4 Å². The summed E-state index contributed by atoms with van der Waals surface area (Å²) in [6, 6.07) is 9.83. The van der Waals surface area contributed by atoms with Gasteiger partial charge in [0.05, 0.1) is 6.04 Å². The van der Waals surface area contributed by atoms with Crippen LogP contribution in [0, 0.1) is 0 Å². The van der Waals surface area contributed by atoms with E-state index in [1.165, 1.54) is 11.6 Å². The van der Waals surface area contributed by atoms with Crippen LogP contribution in [0.2, 0.25) is 0 Å². The molecule has 0 aliphatic rings. The van der Waals surface area contributed by atoms with Gasteiger partial charge < -0.3 is 10.5 Å². The van der Waals surface area contributed by atoms with E-state index in [1.54, 1.807) is 12.1 Å². The van der Waals surface area contributed by atoms with Crippen molar-refractivity contribution in [2.24, 2.45) is 5.73 Å². The van der Waals surface area contributed by atoms with Crippen LogP contribution in [0.5, 0.6) is 5.75 Å². The van der Waals surface area contributed by atoms with Crippen LogP contribution in [0.25, 0.3) is 10.8 Å². The van der Waals surface area contributed by atoms with Gasteiger partial charge >= 0.3 is 15.5 Å². The third kappa shape index (κ3) is 5.21. The van der Waals surface area contributed by atoms with Gasteiger partial charge in [-0.15, -0.1) is 12.4 Å². The Morgan fingerprint density at radius 2 is 1.88 bits per heavy atom. The quantitative estimate of drug-likeness (QED) is 0.783. The van der Waals surface area contributed by atoms with Gasteiger partial charge in [0.2, 0.25) is 0 Å². The number of benzene rings is 2. The molecule has 140 valence electrons. The molecule has 0 aliphatic carbocycles. The predicted molar refractivity (Wildman–Crippen MR) is 92.2 cm³/mol. The van der Waals surface area contributed by atoms with Gasteiger partial charge in [0.1, 0.15) is 12.4 Å². The molecule has 25 heavy (non-hydrogen) atoms. The minimum Gasteiger partial charge on any atom is -0.492 e. The Balaban J connectivity index is 0.00000312. The fraction of sp³-hybridized carbons (Fsp3) is 0.333. The largest absolute Gasteiger partial charge is 0.511 e. The number of nitrogens with one attached hydrogen (secondary N) is 1. The molecule has 0 radical (unpaired) electrons. The van der Waals surface area contributed by atoms with E-state index in [0.29, 0.717) is 5.75 Å². The smallest absolute Gasteiger partial charge is 0.492 e. The maximum Gasteiger partial charge on any atom is 0.511 e. The van der Waals surface area contributed by atoms with E-state index in [2.05, 4.69) is 0 Å². The van der Waals surface area contributed by atoms with Gasteiger partial charge in [-0.3, -0.25) is 0 Å². The van der Waals surface area contributed by atoms with E-state index in [1.807, 2.05) is 24.3 Å². The van der Waals surface area contributed by atoms with Crippen LogP contribution in [-0.2, 0) is 16.6 Å². The highest BCUT2D eigenvalue weighted by Gasteiger charge is 2.46. The zero-order valence-electron chi connectivity index (χ0n) is 13.2. The van der Waals surface area contributed by atoms with E-state index >= 15 is 0 Å². The van der Waals surface area contributed by atoms with Gasteiger partial charge in [-0.05, 0) is 35.4 Å². The van der Waals surface area contributed by atoms with Crippen molar-refractivity contribution in [1.29, 1.82) is 0 Å². The van der Waals surface area contributed by atoms with Crippen molar-refractivity contribution in [3.8, 4) is 5.75 Å². The van der Waals surface area contributed by atoms with Gasteiger partial charge in [0.15, 0.2) is 0 Å². The van der Waals surface area contributed by atoms with Crippen molar-refractivity contribution >= 4 is 33.2 Å². The van der Waals surface area contributed by atoms with Crippen molar-refractivity contribution < 1.29 is 26.3 Å². The molecular formula is C15H18ClF3N2O3S. The standard InChI is InChI=1S/C15H17F3N2O3S.ClH/c1-10(20-24(21,22)15(16,17)18)9-23-13-6-11-4-2-3-5-14(11)12(7-13)8-19;/h2-7,10,20H,8-9,19H2,1H3;1H/t10-;/m0./s1. The van der Waals surface area contributed by atoms with Crippen LogP contribution in [-0.4, -0.2) is 26.6 Å². The normalized spacial score (nSPS) is 13.3. The highest BCUT2D eigenvalue weighted by Crippen LogP contribution is 2.26. The van der Waals surface area contributed by atoms with Crippen LogP contribution in [0.4, 0.5) is 13.2 Å². The molecule has 0 bridgehead atoms. The maximum atomic E-state index is 12.3. The molecule has 0 aromatic heterocycles. The van der Waals surface area contributed by atoms with Gasteiger partial charge in [0.25, 0.3) is 0 Å². The van der Waals surface area contributed by atoms with Gasteiger partial charge in [-0.1, -0.05) is 24.3 Å². The first-order valence-corrected chi connectivity index (χ1v) is 8.55. The molecule has 5 nitrogen and oxygen atoms in total. The molecule has 0 amide bonds. The highest BCUT2D eigenvalue weighted by atomic mass is 35.5. The molecule has 0 saturated heterocycles. The molecular weight excluding hydrogens is 381 g/mol. The Morgan fingerprint density at radius 3 is 2.48 bits per heavy atom. The molecule has 0 fully saturated rings. The van der Waals surface area contributed by atoms with Crippen molar-refractivity contribution in [3.05, 3.63) is 42.0 Å². The number of halogens is 4. The van der Waals surface area contributed by atoms with Gasteiger partial charge in [-0.2, -0.15) is 13.2 Å². The first kappa shape index (κ1) is 21.5. The van der Waals surface area contributed by atoms with E-state index < -0.39 is 21.6 Å². The van der Waals surface area contributed by atoms with Crippen LogP contribution in [0.15, 0.2) is 36.4 Å². The summed E-state index contributed by atoms with van der Waals surface area (Å²) < 4.78 is 66.0. The highest BCUT2D eigenvalue weighted by molar-refractivity contribution is 7.90. The summed E-state index contributed by atoms with van der Waals surface area (Å²) in [6.07, 6.45) is 0.